The molecular weight excluding hydrogens is 406 g/mol. The molecule has 1 heterocycles. The molecular formula is C18H16F6N2O3. The van der Waals surface area contributed by atoms with Crippen molar-refractivity contribution in [1.29, 1.82) is 0 Å². The SMILES string of the molecule is CC(NC(=O)COc1ccccc1C(F)(F)F)c1cncc(OCC(F)(F)F)c1. The highest BCUT2D eigenvalue weighted by Crippen LogP contribution is 2.35. The van der Waals surface area contributed by atoms with Gasteiger partial charge in [0.15, 0.2) is 13.2 Å². The largest absolute Gasteiger partial charge is 0.483 e. The third kappa shape index (κ3) is 7.16. The summed E-state index contributed by atoms with van der Waals surface area (Å²) in [5.41, 5.74) is -0.673. The van der Waals surface area contributed by atoms with Crippen LogP contribution >= 0.6 is 0 Å². The molecule has 1 atom stereocenters. The van der Waals surface area contributed by atoms with Crippen molar-refractivity contribution < 1.29 is 40.6 Å². The Hall–Kier alpha value is -2.98. The smallest absolute Gasteiger partial charge is 0.422 e. The lowest BCUT2D eigenvalue weighted by Gasteiger charge is -2.17. The number of aromatic nitrogens is 1. The average molecular weight is 422 g/mol. The number of amides is 1. The number of carbonyl (C=O) groups excluding carboxylic acids is 1. The summed E-state index contributed by atoms with van der Waals surface area (Å²) < 4.78 is 84.9. The molecule has 2 aromatic rings. The van der Waals surface area contributed by atoms with E-state index in [-0.39, 0.29) is 5.75 Å². The number of halogens is 6. The Labute approximate surface area is 161 Å². The number of para-hydroxylation sites is 1. The van der Waals surface area contributed by atoms with E-state index in [4.69, 9.17) is 4.74 Å². The molecule has 29 heavy (non-hydrogen) atoms. The second kappa shape index (κ2) is 9.01. The number of benzene rings is 1. The Balaban J connectivity index is 1.95. The molecule has 1 N–H and O–H groups in total. The van der Waals surface area contributed by atoms with Gasteiger partial charge >= 0.3 is 12.4 Å². The molecule has 2 rings (SSSR count). The fourth-order valence-electron chi connectivity index (χ4n) is 2.25. The van der Waals surface area contributed by atoms with E-state index >= 15 is 0 Å². The second-order valence-electron chi connectivity index (χ2n) is 5.93. The Bertz CT molecular complexity index is 839. The van der Waals surface area contributed by atoms with Crippen LogP contribution in [0.25, 0.3) is 0 Å². The van der Waals surface area contributed by atoms with Crippen LogP contribution in [0, 0.1) is 0 Å². The molecule has 0 radical (unpaired) electrons. The molecule has 5 nitrogen and oxygen atoms in total. The quantitative estimate of drug-likeness (QED) is 0.676. The van der Waals surface area contributed by atoms with E-state index in [1.807, 2.05) is 0 Å². The predicted octanol–water partition coefficient (Wildman–Crippen LogP) is 4.30. The molecule has 0 saturated heterocycles. The van der Waals surface area contributed by atoms with Gasteiger partial charge in [0.05, 0.1) is 17.8 Å². The summed E-state index contributed by atoms with van der Waals surface area (Å²) in [5, 5.41) is 2.46. The minimum Gasteiger partial charge on any atom is -0.483 e. The highest BCUT2D eigenvalue weighted by atomic mass is 19.4. The van der Waals surface area contributed by atoms with Crippen LogP contribution in [0.2, 0.25) is 0 Å². The van der Waals surface area contributed by atoms with E-state index in [1.165, 1.54) is 31.3 Å². The molecule has 0 aliphatic rings. The summed E-state index contributed by atoms with van der Waals surface area (Å²) in [5.74, 6) is -1.36. The first-order valence-corrected chi connectivity index (χ1v) is 8.18. The zero-order valence-corrected chi connectivity index (χ0v) is 15.0. The molecule has 1 aromatic carbocycles. The van der Waals surface area contributed by atoms with Crippen molar-refractivity contribution in [2.75, 3.05) is 13.2 Å². The van der Waals surface area contributed by atoms with Crippen molar-refractivity contribution in [1.82, 2.24) is 10.3 Å². The third-order valence-electron chi connectivity index (χ3n) is 3.57. The van der Waals surface area contributed by atoms with Crippen LogP contribution in [0.3, 0.4) is 0 Å². The minimum absolute atomic E-state index is 0.142. The highest BCUT2D eigenvalue weighted by molar-refractivity contribution is 5.78. The Morgan fingerprint density at radius 2 is 1.79 bits per heavy atom. The van der Waals surface area contributed by atoms with Gasteiger partial charge in [-0.1, -0.05) is 12.1 Å². The van der Waals surface area contributed by atoms with Crippen LogP contribution in [0.5, 0.6) is 11.5 Å². The second-order valence-corrected chi connectivity index (χ2v) is 5.93. The first-order valence-electron chi connectivity index (χ1n) is 8.18. The van der Waals surface area contributed by atoms with Crippen LogP contribution < -0.4 is 14.8 Å². The van der Waals surface area contributed by atoms with E-state index in [0.29, 0.717) is 5.56 Å². The predicted molar refractivity (Wildman–Crippen MR) is 89.3 cm³/mol. The third-order valence-corrected chi connectivity index (χ3v) is 3.57. The summed E-state index contributed by atoms with van der Waals surface area (Å²) >= 11 is 0. The minimum atomic E-state index is -4.64. The number of ether oxygens (including phenoxy) is 2. The van der Waals surface area contributed by atoms with Crippen molar-refractivity contribution in [3.8, 4) is 11.5 Å². The zero-order chi connectivity index (χ0) is 21.7. The van der Waals surface area contributed by atoms with Crippen LogP contribution in [0.4, 0.5) is 26.3 Å². The summed E-state index contributed by atoms with van der Waals surface area (Å²) in [7, 11) is 0. The van der Waals surface area contributed by atoms with Gasteiger partial charge in [0, 0.05) is 6.20 Å². The monoisotopic (exact) mass is 422 g/mol. The summed E-state index contributed by atoms with van der Waals surface area (Å²) in [6.07, 6.45) is -6.76. The van der Waals surface area contributed by atoms with E-state index in [1.54, 1.807) is 0 Å². The molecule has 1 aromatic heterocycles. The lowest BCUT2D eigenvalue weighted by molar-refractivity contribution is -0.153. The maximum atomic E-state index is 12.9. The van der Waals surface area contributed by atoms with Gasteiger partial charge in [-0.15, -0.1) is 0 Å². The maximum Gasteiger partial charge on any atom is 0.422 e. The summed E-state index contributed by atoms with van der Waals surface area (Å²) in [6, 6.07) is 5.01. The van der Waals surface area contributed by atoms with Crippen molar-refractivity contribution in [3.63, 3.8) is 0 Å². The van der Waals surface area contributed by atoms with Crippen molar-refractivity contribution >= 4 is 5.91 Å². The summed E-state index contributed by atoms with van der Waals surface area (Å²) in [6.45, 7) is -0.660. The average Bonchev–Trinajstić information content (AvgIpc) is 2.64. The van der Waals surface area contributed by atoms with Gasteiger partial charge in [-0.3, -0.25) is 9.78 Å². The fourth-order valence-corrected chi connectivity index (χ4v) is 2.25. The number of nitrogens with zero attached hydrogens (tertiary/aromatic N) is 1. The maximum absolute atomic E-state index is 12.9. The molecule has 1 amide bonds. The van der Waals surface area contributed by atoms with Crippen LogP contribution in [0.15, 0.2) is 42.7 Å². The molecule has 1 unspecified atom stereocenters. The Morgan fingerprint density at radius 1 is 1.10 bits per heavy atom. The first kappa shape index (κ1) is 22.3. The van der Waals surface area contributed by atoms with E-state index in [9.17, 15) is 31.1 Å². The van der Waals surface area contributed by atoms with E-state index in [2.05, 4.69) is 15.0 Å². The van der Waals surface area contributed by atoms with Crippen LogP contribution in [-0.4, -0.2) is 30.3 Å². The zero-order valence-electron chi connectivity index (χ0n) is 15.0. The standard InChI is InChI=1S/C18H16F6N2O3/c1-11(12-6-13(8-25-7-12)29-10-17(19,20)21)26-16(27)9-28-15-5-3-2-4-14(15)18(22,23)24/h2-8,11H,9-10H2,1H3,(H,26,27). The highest BCUT2D eigenvalue weighted by Gasteiger charge is 2.34. The molecule has 0 aliphatic heterocycles. The number of hydrogen-bond donors (Lipinski definition) is 1. The molecule has 0 spiro atoms. The lowest BCUT2D eigenvalue weighted by Crippen LogP contribution is -2.31. The molecule has 0 saturated carbocycles. The van der Waals surface area contributed by atoms with Gasteiger partial charge in [0.1, 0.15) is 11.5 Å². The van der Waals surface area contributed by atoms with Gasteiger partial charge < -0.3 is 14.8 Å². The van der Waals surface area contributed by atoms with Crippen LogP contribution in [-0.2, 0) is 11.0 Å². The molecule has 0 aliphatic carbocycles. The van der Waals surface area contributed by atoms with Gasteiger partial charge in [-0.2, -0.15) is 26.3 Å². The molecule has 158 valence electrons. The molecule has 0 fully saturated rings. The van der Waals surface area contributed by atoms with Crippen molar-refractivity contribution in [2.24, 2.45) is 0 Å². The normalized spacial score (nSPS) is 12.9. The topological polar surface area (TPSA) is 60.5 Å². The van der Waals surface area contributed by atoms with Gasteiger partial charge in [-0.25, -0.2) is 0 Å². The summed E-state index contributed by atoms with van der Waals surface area (Å²) in [4.78, 5) is 15.7. The van der Waals surface area contributed by atoms with Gasteiger partial charge in [-0.05, 0) is 30.7 Å². The number of carbonyl (C=O) groups is 1. The van der Waals surface area contributed by atoms with E-state index < -0.39 is 48.8 Å². The Morgan fingerprint density at radius 3 is 2.45 bits per heavy atom. The van der Waals surface area contributed by atoms with E-state index in [0.717, 1.165) is 18.3 Å². The Kier molecular flexibility index (Phi) is 6.93. The fraction of sp³-hybridized carbons (Fsp3) is 0.333. The number of nitrogens with one attached hydrogen (secondary N) is 1. The molecule has 11 heteroatoms. The number of pyridine rings is 1. The number of hydrogen-bond acceptors (Lipinski definition) is 4. The van der Waals surface area contributed by atoms with Crippen molar-refractivity contribution in [2.45, 2.75) is 25.3 Å². The molecule has 0 bridgehead atoms. The van der Waals surface area contributed by atoms with Crippen molar-refractivity contribution in [3.05, 3.63) is 53.9 Å². The number of rotatable bonds is 7. The lowest BCUT2D eigenvalue weighted by atomic mass is 10.1. The van der Waals surface area contributed by atoms with Gasteiger partial charge in [0.2, 0.25) is 0 Å². The first-order chi connectivity index (χ1) is 13.5. The van der Waals surface area contributed by atoms with Gasteiger partial charge in [0.25, 0.3) is 5.91 Å². The van der Waals surface area contributed by atoms with Crippen LogP contribution in [0.1, 0.15) is 24.1 Å². The number of alkyl halides is 6.